The quantitative estimate of drug-likeness (QED) is 0.734. The fourth-order valence-electron chi connectivity index (χ4n) is 1.61. The van der Waals surface area contributed by atoms with Crippen LogP contribution in [0.4, 0.5) is 13.2 Å². The molecule has 16 heavy (non-hydrogen) atoms. The predicted octanol–water partition coefficient (Wildman–Crippen LogP) is 4.33. The predicted molar refractivity (Wildman–Crippen MR) is 56.4 cm³/mol. The second kappa shape index (κ2) is 5.77. The summed E-state index contributed by atoms with van der Waals surface area (Å²) >= 11 is 0. The highest BCUT2D eigenvalue weighted by Crippen LogP contribution is 2.27. The third kappa shape index (κ3) is 3.43. The van der Waals surface area contributed by atoms with Crippen molar-refractivity contribution in [1.82, 2.24) is 0 Å². The molecule has 1 aromatic carbocycles. The van der Waals surface area contributed by atoms with Gasteiger partial charge in [0.2, 0.25) is 0 Å². The van der Waals surface area contributed by atoms with Crippen LogP contribution < -0.4 is 4.74 Å². The highest BCUT2D eigenvalue weighted by Gasteiger charge is 2.13. The Balaban J connectivity index is 2.88. The van der Waals surface area contributed by atoms with Crippen LogP contribution in [0.1, 0.15) is 38.2 Å². The molecule has 1 aromatic rings. The maximum Gasteiger partial charge on any atom is 0.387 e. The lowest BCUT2D eigenvalue weighted by Gasteiger charge is -2.13. The Labute approximate surface area is 93.2 Å². The average Bonchev–Trinajstić information content (AvgIpc) is 2.21. The van der Waals surface area contributed by atoms with E-state index >= 15 is 0 Å². The van der Waals surface area contributed by atoms with Crippen LogP contribution in [0.15, 0.2) is 18.2 Å². The first-order valence-corrected chi connectivity index (χ1v) is 5.28. The van der Waals surface area contributed by atoms with Crippen LogP contribution in [0.5, 0.6) is 5.75 Å². The van der Waals surface area contributed by atoms with E-state index in [0.717, 1.165) is 18.4 Å². The van der Waals surface area contributed by atoms with Crippen molar-refractivity contribution in [3.05, 3.63) is 29.6 Å². The van der Waals surface area contributed by atoms with Gasteiger partial charge in [0.25, 0.3) is 0 Å². The largest absolute Gasteiger partial charge is 0.432 e. The van der Waals surface area contributed by atoms with Crippen LogP contribution in [-0.4, -0.2) is 6.61 Å². The molecule has 0 aliphatic carbocycles. The maximum absolute atomic E-state index is 13.1. The highest BCUT2D eigenvalue weighted by molar-refractivity contribution is 5.32. The Morgan fingerprint density at radius 2 is 2.00 bits per heavy atom. The molecular formula is C12H15F3O. The van der Waals surface area contributed by atoms with E-state index in [1.54, 1.807) is 6.07 Å². The van der Waals surface area contributed by atoms with Gasteiger partial charge in [-0.15, -0.1) is 0 Å². The van der Waals surface area contributed by atoms with E-state index in [4.69, 9.17) is 0 Å². The van der Waals surface area contributed by atoms with Gasteiger partial charge in [-0.2, -0.15) is 8.78 Å². The van der Waals surface area contributed by atoms with E-state index < -0.39 is 12.4 Å². The minimum Gasteiger partial charge on any atom is -0.432 e. The second-order valence-corrected chi connectivity index (χ2v) is 3.76. The van der Waals surface area contributed by atoms with Crippen molar-refractivity contribution in [3.8, 4) is 5.75 Å². The topological polar surface area (TPSA) is 9.23 Å². The van der Waals surface area contributed by atoms with Crippen molar-refractivity contribution in [1.29, 1.82) is 0 Å². The minimum absolute atomic E-state index is 0.214. The van der Waals surface area contributed by atoms with Gasteiger partial charge < -0.3 is 4.74 Å². The normalized spacial score (nSPS) is 12.9. The van der Waals surface area contributed by atoms with E-state index in [2.05, 4.69) is 4.74 Å². The number of rotatable bonds is 5. The summed E-state index contributed by atoms with van der Waals surface area (Å²) in [6, 6.07) is 4.12. The van der Waals surface area contributed by atoms with E-state index in [-0.39, 0.29) is 11.7 Å². The van der Waals surface area contributed by atoms with Crippen molar-refractivity contribution in [2.24, 2.45) is 0 Å². The van der Waals surface area contributed by atoms with Crippen LogP contribution in [0.25, 0.3) is 0 Å². The summed E-state index contributed by atoms with van der Waals surface area (Å²) in [5.41, 5.74) is 0.818. The summed E-state index contributed by atoms with van der Waals surface area (Å²) in [4.78, 5) is 0. The Morgan fingerprint density at radius 3 is 2.56 bits per heavy atom. The van der Waals surface area contributed by atoms with Crippen LogP contribution in [0.3, 0.4) is 0 Å². The Kier molecular flexibility index (Phi) is 4.65. The van der Waals surface area contributed by atoms with Gasteiger partial charge >= 0.3 is 6.61 Å². The molecule has 1 nitrogen and oxygen atoms in total. The van der Waals surface area contributed by atoms with Crippen LogP contribution in [0.2, 0.25) is 0 Å². The molecule has 90 valence electrons. The summed E-state index contributed by atoms with van der Waals surface area (Å²) in [6.45, 7) is 1.02. The number of ether oxygens (including phenoxy) is 1. The van der Waals surface area contributed by atoms with E-state index in [1.807, 2.05) is 13.8 Å². The molecule has 0 fully saturated rings. The maximum atomic E-state index is 13.1. The summed E-state index contributed by atoms with van der Waals surface area (Å²) in [5.74, 6) is -0.922. The number of alkyl halides is 2. The molecule has 0 amide bonds. The molecule has 0 radical (unpaired) electrons. The molecule has 0 saturated carbocycles. The van der Waals surface area contributed by atoms with Crippen LogP contribution in [0, 0.1) is 5.82 Å². The highest BCUT2D eigenvalue weighted by atomic mass is 19.3. The fraction of sp³-hybridized carbons (Fsp3) is 0.500. The van der Waals surface area contributed by atoms with Crippen molar-refractivity contribution in [3.63, 3.8) is 0 Å². The lowest BCUT2D eigenvalue weighted by atomic mass is 9.96. The molecule has 1 atom stereocenters. The molecule has 1 rings (SSSR count). The van der Waals surface area contributed by atoms with Gasteiger partial charge in [0.05, 0.1) is 0 Å². The lowest BCUT2D eigenvalue weighted by Crippen LogP contribution is -2.05. The first kappa shape index (κ1) is 12.9. The summed E-state index contributed by atoms with van der Waals surface area (Å²) in [5, 5.41) is 0. The molecule has 1 unspecified atom stereocenters. The van der Waals surface area contributed by atoms with E-state index in [0.29, 0.717) is 0 Å². The summed E-state index contributed by atoms with van der Waals surface area (Å²) in [6.07, 6.45) is 1.92. The van der Waals surface area contributed by atoms with Crippen molar-refractivity contribution >= 4 is 0 Å². The first-order valence-electron chi connectivity index (χ1n) is 5.28. The molecule has 0 aromatic heterocycles. The number of halogens is 3. The third-order valence-electron chi connectivity index (χ3n) is 2.46. The molecule has 0 aliphatic heterocycles. The Bertz CT molecular complexity index is 339. The zero-order valence-corrected chi connectivity index (χ0v) is 9.34. The number of benzene rings is 1. The van der Waals surface area contributed by atoms with Gasteiger partial charge in [0.15, 0.2) is 11.6 Å². The lowest BCUT2D eigenvalue weighted by molar-refractivity contribution is -0.0522. The fourth-order valence-corrected chi connectivity index (χ4v) is 1.61. The first-order chi connectivity index (χ1) is 7.54. The smallest absolute Gasteiger partial charge is 0.387 e. The zero-order valence-electron chi connectivity index (χ0n) is 9.34. The van der Waals surface area contributed by atoms with Gasteiger partial charge in [-0.25, -0.2) is 4.39 Å². The summed E-state index contributed by atoms with van der Waals surface area (Å²) in [7, 11) is 0. The molecule has 0 N–H and O–H groups in total. The molecule has 0 aliphatic rings. The van der Waals surface area contributed by atoms with Crippen molar-refractivity contribution < 1.29 is 17.9 Å². The monoisotopic (exact) mass is 232 g/mol. The Morgan fingerprint density at radius 1 is 1.31 bits per heavy atom. The van der Waals surface area contributed by atoms with E-state index in [9.17, 15) is 13.2 Å². The van der Waals surface area contributed by atoms with Crippen LogP contribution >= 0.6 is 0 Å². The van der Waals surface area contributed by atoms with Gasteiger partial charge in [0, 0.05) is 0 Å². The molecule has 0 spiro atoms. The standard InChI is InChI=1S/C12H15F3O/c1-3-4-8(2)9-5-6-10(13)11(7-9)16-12(14)15/h5-8,12H,3-4H2,1-2H3. The van der Waals surface area contributed by atoms with Gasteiger partial charge in [-0.3, -0.25) is 0 Å². The van der Waals surface area contributed by atoms with Gasteiger partial charge in [0.1, 0.15) is 0 Å². The number of hydrogen-bond acceptors (Lipinski definition) is 1. The second-order valence-electron chi connectivity index (χ2n) is 3.76. The molecule has 0 bridgehead atoms. The number of hydrogen-bond donors (Lipinski definition) is 0. The molecule has 4 heteroatoms. The molecule has 0 heterocycles. The zero-order chi connectivity index (χ0) is 12.1. The SMILES string of the molecule is CCCC(C)c1ccc(F)c(OC(F)F)c1. The summed E-state index contributed by atoms with van der Waals surface area (Å²) < 4.78 is 41.2. The molecule has 0 saturated heterocycles. The van der Waals surface area contributed by atoms with Gasteiger partial charge in [-0.1, -0.05) is 26.3 Å². The average molecular weight is 232 g/mol. The van der Waals surface area contributed by atoms with Crippen LogP contribution in [-0.2, 0) is 0 Å². The molecular weight excluding hydrogens is 217 g/mol. The van der Waals surface area contributed by atoms with Crippen molar-refractivity contribution in [2.75, 3.05) is 0 Å². The third-order valence-corrected chi connectivity index (χ3v) is 2.46. The Hall–Kier alpha value is -1.19. The minimum atomic E-state index is -2.99. The van der Waals surface area contributed by atoms with E-state index in [1.165, 1.54) is 12.1 Å². The van der Waals surface area contributed by atoms with Crippen molar-refractivity contribution in [2.45, 2.75) is 39.2 Å². The van der Waals surface area contributed by atoms with Gasteiger partial charge in [-0.05, 0) is 30.0 Å².